The number of rotatable bonds is 5. The minimum Gasteiger partial charge on any atom is -0.487 e. The van der Waals surface area contributed by atoms with Gasteiger partial charge in [0, 0.05) is 4.47 Å². The van der Waals surface area contributed by atoms with E-state index in [2.05, 4.69) is 15.9 Å². The molecular formula is C14H11BrF2O2. The second-order valence-corrected chi connectivity index (χ2v) is 4.62. The molecule has 0 bridgehead atoms. The Morgan fingerprint density at radius 3 is 2.11 bits per heavy atom. The third-order valence-corrected chi connectivity index (χ3v) is 2.82. The van der Waals surface area contributed by atoms with Crippen molar-refractivity contribution in [1.29, 1.82) is 0 Å². The lowest BCUT2D eigenvalue weighted by atomic mass is 10.3. The van der Waals surface area contributed by atoms with Gasteiger partial charge in [-0.25, -0.2) is 8.78 Å². The van der Waals surface area contributed by atoms with E-state index in [1.54, 1.807) is 18.2 Å². The number of hydrogen-bond acceptors (Lipinski definition) is 2. The minimum atomic E-state index is -0.458. The third kappa shape index (κ3) is 3.92. The standard InChI is InChI=1S/C14H11BrF2O2/c15-10-5-6-14(12(17)9-10)19-8-7-18-13-4-2-1-3-11(13)16/h1-6,9H,7-8H2. The van der Waals surface area contributed by atoms with E-state index < -0.39 is 11.6 Å². The second kappa shape index (κ2) is 6.52. The summed E-state index contributed by atoms with van der Waals surface area (Å²) in [5.41, 5.74) is 0. The van der Waals surface area contributed by atoms with E-state index in [0.717, 1.165) is 0 Å². The van der Waals surface area contributed by atoms with Gasteiger partial charge in [-0.05, 0) is 30.3 Å². The summed E-state index contributed by atoms with van der Waals surface area (Å²) >= 11 is 3.15. The number of para-hydroxylation sites is 1. The van der Waals surface area contributed by atoms with Gasteiger partial charge in [0.2, 0.25) is 0 Å². The van der Waals surface area contributed by atoms with E-state index in [-0.39, 0.29) is 24.7 Å². The summed E-state index contributed by atoms with van der Waals surface area (Å²) in [5.74, 6) is -0.597. The van der Waals surface area contributed by atoms with Crippen LogP contribution < -0.4 is 9.47 Å². The molecule has 0 amide bonds. The number of benzene rings is 2. The fourth-order valence-corrected chi connectivity index (χ4v) is 1.79. The van der Waals surface area contributed by atoms with Gasteiger partial charge in [0.1, 0.15) is 13.2 Å². The maximum absolute atomic E-state index is 13.4. The van der Waals surface area contributed by atoms with Gasteiger partial charge in [0.25, 0.3) is 0 Å². The Morgan fingerprint density at radius 2 is 1.47 bits per heavy atom. The molecule has 2 aromatic carbocycles. The van der Waals surface area contributed by atoms with E-state index in [4.69, 9.17) is 9.47 Å². The van der Waals surface area contributed by atoms with Crippen LogP contribution in [0.4, 0.5) is 8.78 Å². The maximum Gasteiger partial charge on any atom is 0.166 e. The Hall–Kier alpha value is -1.62. The molecule has 100 valence electrons. The Labute approximate surface area is 118 Å². The molecule has 0 atom stereocenters. The van der Waals surface area contributed by atoms with Crippen LogP contribution in [0.25, 0.3) is 0 Å². The zero-order valence-electron chi connectivity index (χ0n) is 9.91. The molecule has 0 aliphatic rings. The van der Waals surface area contributed by atoms with Crippen molar-refractivity contribution in [2.75, 3.05) is 13.2 Å². The lowest BCUT2D eigenvalue weighted by molar-refractivity contribution is 0.206. The van der Waals surface area contributed by atoms with Crippen LogP contribution in [0.1, 0.15) is 0 Å². The first-order valence-electron chi connectivity index (χ1n) is 5.62. The van der Waals surface area contributed by atoms with Crippen LogP contribution in [0, 0.1) is 11.6 Å². The summed E-state index contributed by atoms with van der Waals surface area (Å²) in [6, 6.07) is 10.6. The maximum atomic E-state index is 13.4. The number of halogens is 3. The van der Waals surface area contributed by atoms with Crippen LogP contribution in [0.2, 0.25) is 0 Å². The zero-order valence-corrected chi connectivity index (χ0v) is 11.5. The highest BCUT2D eigenvalue weighted by atomic mass is 79.9. The largest absolute Gasteiger partial charge is 0.487 e. The van der Waals surface area contributed by atoms with Crippen LogP contribution >= 0.6 is 15.9 Å². The molecule has 0 aliphatic heterocycles. The molecule has 2 rings (SSSR count). The quantitative estimate of drug-likeness (QED) is 0.766. The smallest absolute Gasteiger partial charge is 0.166 e. The van der Waals surface area contributed by atoms with Gasteiger partial charge in [0.15, 0.2) is 23.1 Å². The molecule has 0 spiro atoms. The van der Waals surface area contributed by atoms with Crippen LogP contribution in [-0.2, 0) is 0 Å². The number of hydrogen-bond donors (Lipinski definition) is 0. The molecule has 2 aromatic rings. The Balaban J connectivity index is 1.83. The first-order valence-corrected chi connectivity index (χ1v) is 6.41. The Bertz CT molecular complexity index is 561. The van der Waals surface area contributed by atoms with E-state index in [9.17, 15) is 8.78 Å². The van der Waals surface area contributed by atoms with Gasteiger partial charge >= 0.3 is 0 Å². The highest BCUT2D eigenvalue weighted by molar-refractivity contribution is 9.10. The first kappa shape index (κ1) is 13.8. The molecule has 0 saturated carbocycles. The van der Waals surface area contributed by atoms with Crippen molar-refractivity contribution in [3.63, 3.8) is 0 Å². The lowest BCUT2D eigenvalue weighted by Gasteiger charge is -2.09. The molecule has 0 aliphatic carbocycles. The fraction of sp³-hybridized carbons (Fsp3) is 0.143. The predicted octanol–water partition coefficient (Wildman–Crippen LogP) is 4.19. The monoisotopic (exact) mass is 328 g/mol. The Kier molecular flexibility index (Phi) is 4.74. The molecule has 0 fully saturated rings. The SMILES string of the molecule is Fc1ccccc1OCCOc1ccc(Br)cc1F. The minimum absolute atomic E-state index is 0.132. The van der Waals surface area contributed by atoms with E-state index in [1.165, 1.54) is 24.3 Å². The summed E-state index contributed by atoms with van der Waals surface area (Å²) in [4.78, 5) is 0. The van der Waals surface area contributed by atoms with Crippen molar-refractivity contribution in [2.24, 2.45) is 0 Å². The van der Waals surface area contributed by atoms with Gasteiger partial charge in [0.05, 0.1) is 0 Å². The molecule has 2 nitrogen and oxygen atoms in total. The molecule has 19 heavy (non-hydrogen) atoms. The summed E-state index contributed by atoms with van der Waals surface area (Å²) < 4.78 is 37.7. The van der Waals surface area contributed by atoms with Crippen LogP contribution in [0.15, 0.2) is 46.9 Å². The van der Waals surface area contributed by atoms with Crippen LogP contribution in [0.3, 0.4) is 0 Å². The van der Waals surface area contributed by atoms with E-state index in [0.29, 0.717) is 4.47 Å². The van der Waals surface area contributed by atoms with Crippen molar-refractivity contribution in [3.8, 4) is 11.5 Å². The summed E-state index contributed by atoms with van der Waals surface area (Å²) in [7, 11) is 0. The van der Waals surface area contributed by atoms with Crippen molar-refractivity contribution < 1.29 is 18.3 Å². The van der Waals surface area contributed by atoms with Crippen molar-refractivity contribution in [2.45, 2.75) is 0 Å². The highest BCUT2D eigenvalue weighted by Crippen LogP contribution is 2.21. The lowest BCUT2D eigenvalue weighted by Crippen LogP contribution is -2.10. The van der Waals surface area contributed by atoms with E-state index in [1.807, 2.05) is 0 Å². The molecule has 0 unspecified atom stereocenters. The van der Waals surface area contributed by atoms with Gasteiger partial charge in [-0.1, -0.05) is 28.1 Å². The van der Waals surface area contributed by atoms with Gasteiger partial charge < -0.3 is 9.47 Å². The molecular weight excluding hydrogens is 318 g/mol. The normalized spacial score (nSPS) is 10.3. The molecule has 0 radical (unpaired) electrons. The Morgan fingerprint density at radius 1 is 0.842 bits per heavy atom. The average Bonchev–Trinajstić information content (AvgIpc) is 2.38. The predicted molar refractivity (Wildman–Crippen MR) is 71.5 cm³/mol. The number of ether oxygens (including phenoxy) is 2. The third-order valence-electron chi connectivity index (χ3n) is 2.33. The van der Waals surface area contributed by atoms with Crippen LogP contribution in [0.5, 0.6) is 11.5 Å². The molecule has 0 N–H and O–H groups in total. The van der Waals surface area contributed by atoms with Crippen molar-refractivity contribution >= 4 is 15.9 Å². The molecule has 5 heteroatoms. The summed E-state index contributed by atoms with van der Waals surface area (Å²) in [5, 5.41) is 0. The summed E-state index contributed by atoms with van der Waals surface area (Å²) in [6.07, 6.45) is 0. The van der Waals surface area contributed by atoms with Crippen molar-refractivity contribution in [3.05, 3.63) is 58.6 Å². The summed E-state index contributed by atoms with van der Waals surface area (Å²) in [6.45, 7) is 0.267. The van der Waals surface area contributed by atoms with E-state index >= 15 is 0 Å². The highest BCUT2D eigenvalue weighted by Gasteiger charge is 2.04. The average molecular weight is 329 g/mol. The van der Waals surface area contributed by atoms with Crippen molar-refractivity contribution in [1.82, 2.24) is 0 Å². The molecule has 0 saturated heterocycles. The zero-order chi connectivity index (χ0) is 13.7. The van der Waals surface area contributed by atoms with Crippen LogP contribution in [-0.4, -0.2) is 13.2 Å². The fourth-order valence-electron chi connectivity index (χ4n) is 1.46. The van der Waals surface area contributed by atoms with Gasteiger partial charge in [-0.15, -0.1) is 0 Å². The van der Waals surface area contributed by atoms with Gasteiger partial charge in [-0.2, -0.15) is 0 Å². The second-order valence-electron chi connectivity index (χ2n) is 3.70. The van der Waals surface area contributed by atoms with Gasteiger partial charge in [-0.3, -0.25) is 0 Å². The molecule has 0 aromatic heterocycles. The topological polar surface area (TPSA) is 18.5 Å². The first-order chi connectivity index (χ1) is 9.16. The molecule has 0 heterocycles.